The van der Waals surface area contributed by atoms with Crippen molar-refractivity contribution >= 4 is 29.2 Å². The van der Waals surface area contributed by atoms with Gasteiger partial charge in [-0.15, -0.1) is 0 Å². The third-order valence-corrected chi connectivity index (χ3v) is 3.26. The van der Waals surface area contributed by atoms with Crippen LogP contribution in [0.15, 0.2) is 42.6 Å². The summed E-state index contributed by atoms with van der Waals surface area (Å²) < 4.78 is 1.63. The monoisotopic (exact) mass is 306 g/mol. The molecule has 1 N–H and O–H groups in total. The number of aromatic nitrogens is 1. The van der Waals surface area contributed by atoms with Gasteiger partial charge in [-0.3, -0.25) is 9.59 Å². The molecule has 0 unspecified atom stereocenters. The lowest BCUT2D eigenvalue weighted by molar-refractivity contribution is -0.136. The molecule has 0 saturated carbocycles. The van der Waals surface area contributed by atoms with Gasteiger partial charge in [0.2, 0.25) is 0 Å². The van der Waals surface area contributed by atoms with Crippen LogP contribution < -0.4 is 4.90 Å². The molecule has 110 valence electrons. The first-order chi connectivity index (χ1) is 9.99. The van der Waals surface area contributed by atoms with Crippen LogP contribution in [0.25, 0.3) is 0 Å². The highest BCUT2D eigenvalue weighted by molar-refractivity contribution is 6.31. The summed E-state index contributed by atoms with van der Waals surface area (Å²) in [5.41, 5.74) is 1.07. The molecule has 1 heterocycles. The second-order valence-electron chi connectivity index (χ2n) is 4.59. The Morgan fingerprint density at radius 1 is 1.29 bits per heavy atom. The molecule has 0 atom stereocenters. The SMILES string of the molecule is Cn1cc(Cl)cc1C(=O)N(CCC(=O)O)c1ccccc1. The molecule has 0 radical (unpaired) electrons. The summed E-state index contributed by atoms with van der Waals surface area (Å²) in [6, 6.07) is 10.5. The van der Waals surface area contributed by atoms with Crippen molar-refractivity contribution in [3.8, 4) is 0 Å². The molecule has 0 aliphatic carbocycles. The number of carboxylic acid groups (broad SMARTS) is 1. The van der Waals surface area contributed by atoms with Gasteiger partial charge in [0.05, 0.1) is 11.4 Å². The molecule has 6 heteroatoms. The van der Waals surface area contributed by atoms with Crippen molar-refractivity contribution in [1.82, 2.24) is 4.57 Å². The van der Waals surface area contributed by atoms with Crippen molar-refractivity contribution in [3.63, 3.8) is 0 Å². The molecule has 21 heavy (non-hydrogen) atoms. The van der Waals surface area contributed by atoms with Crippen molar-refractivity contribution in [1.29, 1.82) is 0 Å². The number of hydrogen-bond donors (Lipinski definition) is 1. The van der Waals surface area contributed by atoms with E-state index in [0.717, 1.165) is 0 Å². The quantitative estimate of drug-likeness (QED) is 0.924. The number of carbonyl (C=O) groups excluding carboxylic acids is 1. The predicted octanol–water partition coefficient (Wildman–Crippen LogP) is 2.80. The topological polar surface area (TPSA) is 62.5 Å². The lowest BCUT2D eigenvalue weighted by atomic mass is 10.2. The molecule has 0 aliphatic heterocycles. The molecule has 0 saturated heterocycles. The van der Waals surface area contributed by atoms with Gasteiger partial charge in [-0.25, -0.2) is 0 Å². The van der Waals surface area contributed by atoms with E-state index in [4.69, 9.17) is 16.7 Å². The Labute approximate surface area is 127 Å². The molecule has 1 aromatic carbocycles. The fraction of sp³-hybridized carbons (Fsp3) is 0.200. The Morgan fingerprint density at radius 2 is 1.95 bits per heavy atom. The molecule has 1 aromatic heterocycles. The van der Waals surface area contributed by atoms with Crippen LogP contribution in [0.3, 0.4) is 0 Å². The Balaban J connectivity index is 2.32. The number of nitrogens with zero attached hydrogens (tertiary/aromatic N) is 2. The number of aliphatic carboxylic acids is 1. The first-order valence-electron chi connectivity index (χ1n) is 6.39. The third-order valence-electron chi connectivity index (χ3n) is 3.05. The third kappa shape index (κ3) is 3.64. The zero-order valence-corrected chi connectivity index (χ0v) is 12.2. The molecule has 0 spiro atoms. The highest BCUT2D eigenvalue weighted by Gasteiger charge is 2.21. The first-order valence-corrected chi connectivity index (χ1v) is 6.77. The normalized spacial score (nSPS) is 10.4. The molecule has 0 fully saturated rings. The highest BCUT2D eigenvalue weighted by atomic mass is 35.5. The number of anilines is 1. The van der Waals surface area contributed by atoms with E-state index < -0.39 is 5.97 Å². The van der Waals surface area contributed by atoms with Crippen LogP contribution in [0.5, 0.6) is 0 Å². The number of aryl methyl sites for hydroxylation is 1. The number of para-hydroxylation sites is 1. The highest BCUT2D eigenvalue weighted by Crippen LogP contribution is 2.20. The van der Waals surface area contributed by atoms with E-state index in [2.05, 4.69) is 0 Å². The number of halogens is 1. The van der Waals surface area contributed by atoms with Crippen LogP contribution in [-0.4, -0.2) is 28.1 Å². The smallest absolute Gasteiger partial charge is 0.305 e. The fourth-order valence-electron chi connectivity index (χ4n) is 2.04. The van der Waals surface area contributed by atoms with Gasteiger partial charge in [-0.2, -0.15) is 0 Å². The Hall–Kier alpha value is -2.27. The number of carboxylic acids is 1. The maximum absolute atomic E-state index is 12.6. The van der Waals surface area contributed by atoms with Gasteiger partial charge in [0.15, 0.2) is 0 Å². The van der Waals surface area contributed by atoms with E-state index in [9.17, 15) is 9.59 Å². The number of benzene rings is 1. The van der Waals surface area contributed by atoms with Gasteiger partial charge >= 0.3 is 5.97 Å². The molecular weight excluding hydrogens is 292 g/mol. The summed E-state index contributed by atoms with van der Waals surface area (Å²) >= 11 is 5.90. The van der Waals surface area contributed by atoms with E-state index in [0.29, 0.717) is 16.4 Å². The molecule has 0 aliphatic rings. The van der Waals surface area contributed by atoms with E-state index in [-0.39, 0.29) is 18.9 Å². The molecular formula is C15H15ClN2O3. The molecule has 2 aromatic rings. The van der Waals surface area contributed by atoms with Crippen molar-refractivity contribution in [2.24, 2.45) is 7.05 Å². The standard InChI is InChI=1S/C15H15ClN2O3/c1-17-10-11(16)9-13(17)15(21)18(8-7-14(19)20)12-5-3-2-4-6-12/h2-6,9-10H,7-8H2,1H3,(H,19,20). The molecule has 5 nitrogen and oxygen atoms in total. The summed E-state index contributed by atoms with van der Waals surface area (Å²) in [5.74, 6) is -1.23. The van der Waals surface area contributed by atoms with Crippen LogP contribution in [0.1, 0.15) is 16.9 Å². The summed E-state index contributed by atoms with van der Waals surface area (Å²) in [6.07, 6.45) is 1.51. The minimum Gasteiger partial charge on any atom is -0.481 e. The van der Waals surface area contributed by atoms with Gasteiger partial charge < -0.3 is 14.6 Å². The largest absolute Gasteiger partial charge is 0.481 e. The zero-order valence-electron chi connectivity index (χ0n) is 11.5. The number of carbonyl (C=O) groups is 2. The minimum absolute atomic E-state index is 0.0982. The van der Waals surface area contributed by atoms with E-state index in [1.54, 1.807) is 48.1 Å². The summed E-state index contributed by atoms with van der Waals surface area (Å²) in [7, 11) is 1.72. The number of hydrogen-bond acceptors (Lipinski definition) is 2. The van der Waals surface area contributed by atoms with Crippen molar-refractivity contribution in [2.75, 3.05) is 11.4 Å². The van der Waals surface area contributed by atoms with Crippen LogP contribution in [0.4, 0.5) is 5.69 Å². The Morgan fingerprint density at radius 3 is 2.48 bits per heavy atom. The van der Waals surface area contributed by atoms with Gasteiger partial charge in [-0.05, 0) is 18.2 Å². The molecule has 1 amide bonds. The Kier molecular flexibility index (Phi) is 4.65. The maximum atomic E-state index is 12.6. The summed E-state index contributed by atoms with van der Waals surface area (Å²) in [5, 5.41) is 9.32. The van der Waals surface area contributed by atoms with Crippen LogP contribution in [0, 0.1) is 0 Å². The maximum Gasteiger partial charge on any atom is 0.305 e. The minimum atomic E-state index is -0.950. The van der Waals surface area contributed by atoms with Gasteiger partial charge in [-0.1, -0.05) is 29.8 Å². The van der Waals surface area contributed by atoms with Crippen LogP contribution in [0.2, 0.25) is 5.02 Å². The average Bonchev–Trinajstić information content (AvgIpc) is 2.78. The van der Waals surface area contributed by atoms with Crippen molar-refractivity contribution < 1.29 is 14.7 Å². The van der Waals surface area contributed by atoms with Gasteiger partial charge in [0.1, 0.15) is 5.69 Å². The van der Waals surface area contributed by atoms with E-state index >= 15 is 0 Å². The van der Waals surface area contributed by atoms with Crippen molar-refractivity contribution in [2.45, 2.75) is 6.42 Å². The average molecular weight is 307 g/mol. The molecule has 0 bridgehead atoms. The van der Waals surface area contributed by atoms with E-state index in [1.807, 2.05) is 6.07 Å². The number of amides is 1. The van der Waals surface area contributed by atoms with Gasteiger partial charge in [0.25, 0.3) is 5.91 Å². The lowest BCUT2D eigenvalue weighted by Gasteiger charge is -2.22. The zero-order chi connectivity index (χ0) is 15.4. The first kappa shape index (κ1) is 15.1. The van der Waals surface area contributed by atoms with E-state index in [1.165, 1.54) is 4.90 Å². The van der Waals surface area contributed by atoms with Crippen LogP contribution >= 0.6 is 11.6 Å². The Bertz CT molecular complexity index is 652. The summed E-state index contributed by atoms with van der Waals surface area (Å²) in [4.78, 5) is 24.9. The second kappa shape index (κ2) is 6.45. The second-order valence-corrected chi connectivity index (χ2v) is 5.03. The van der Waals surface area contributed by atoms with Gasteiger partial charge in [0, 0.05) is 25.5 Å². The molecule has 2 rings (SSSR count). The van der Waals surface area contributed by atoms with Crippen LogP contribution in [-0.2, 0) is 11.8 Å². The predicted molar refractivity (Wildman–Crippen MR) is 80.8 cm³/mol. The lowest BCUT2D eigenvalue weighted by Crippen LogP contribution is -2.34. The summed E-state index contributed by atoms with van der Waals surface area (Å²) in [6.45, 7) is 0.0982. The fourth-order valence-corrected chi connectivity index (χ4v) is 2.29. The number of rotatable bonds is 5. The van der Waals surface area contributed by atoms with Crippen molar-refractivity contribution in [3.05, 3.63) is 53.3 Å².